The Morgan fingerprint density at radius 1 is 0.458 bits per heavy atom. The molecule has 0 aliphatic rings. The zero-order valence-electron chi connectivity index (χ0n) is 32.6. The van der Waals surface area contributed by atoms with Crippen LogP contribution < -0.4 is 24.8 Å². The molecular weight excluding hydrogens is 745 g/mol. The quantitative estimate of drug-likeness (QED) is 0.0726. The van der Waals surface area contributed by atoms with Crippen LogP contribution in [0.25, 0.3) is 0 Å². The summed E-state index contributed by atoms with van der Waals surface area (Å²) < 4.78 is 18.9. The van der Waals surface area contributed by atoms with Crippen LogP contribution in [-0.4, -0.2) is 27.1 Å². The van der Waals surface area contributed by atoms with Crippen molar-refractivity contribution in [2.45, 2.75) is 33.7 Å². The number of carbonyl (C=O) groups is 2. The minimum Gasteiger partial charge on any atom is -0.504 e. The number of anilines is 2. The number of phenolic OH excluding ortho intramolecular Hbond substituents is 3. The van der Waals surface area contributed by atoms with E-state index in [1.807, 2.05) is 135 Å². The van der Waals surface area contributed by atoms with E-state index < -0.39 is 23.2 Å². The van der Waals surface area contributed by atoms with Crippen molar-refractivity contribution < 1.29 is 39.1 Å². The summed E-state index contributed by atoms with van der Waals surface area (Å²) in [6.45, 7) is 4.82. The molecule has 0 heterocycles. The number of phenols is 3. The summed E-state index contributed by atoms with van der Waals surface area (Å²) in [6, 6.07) is 50.1. The summed E-state index contributed by atoms with van der Waals surface area (Å²) >= 11 is 0. The molecule has 7 aromatic rings. The average molecular weight is 789 g/mol. The van der Waals surface area contributed by atoms with Gasteiger partial charge in [0.05, 0.1) is 0 Å². The second kappa shape index (κ2) is 19.9. The summed E-state index contributed by atoms with van der Waals surface area (Å²) in [7, 11) is 0. The van der Waals surface area contributed by atoms with Crippen molar-refractivity contribution in [2.75, 3.05) is 10.6 Å². The first-order valence-corrected chi connectivity index (χ1v) is 18.8. The molecule has 7 rings (SSSR count). The molecule has 0 saturated heterocycles. The number of aryl methyl sites for hydroxylation is 2. The maximum absolute atomic E-state index is 13.4. The van der Waals surface area contributed by atoms with E-state index in [4.69, 9.17) is 14.2 Å². The summed E-state index contributed by atoms with van der Waals surface area (Å²) in [6.07, 6.45) is 0. The van der Waals surface area contributed by atoms with Crippen molar-refractivity contribution in [3.63, 3.8) is 0 Å². The molecule has 2 amide bonds. The van der Waals surface area contributed by atoms with Gasteiger partial charge in [-0.1, -0.05) is 115 Å². The summed E-state index contributed by atoms with van der Waals surface area (Å²) in [4.78, 5) is 25.3. The van der Waals surface area contributed by atoms with Crippen LogP contribution in [0.1, 0.15) is 48.5 Å². The van der Waals surface area contributed by atoms with Crippen molar-refractivity contribution in [3.8, 4) is 34.5 Å². The number of benzene rings is 7. The highest BCUT2D eigenvalue weighted by atomic mass is 16.5. The molecule has 0 aliphatic carbocycles. The van der Waals surface area contributed by atoms with Crippen LogP contribution in [0.15, 0.2) is 164 Å². The second-order valence-corrected chi connectivity index (χ2v) is 13.6. The number of nitrogens with one attached hydrogen (secondary N) is 2. The van der Waals surface area contributed by atoms with E-state index >= 15 is 0 Å². The largest absolute Gasteiger partial charge is 0.504 e. The van der Waals surface area contributed by atoms with Gasteiger partial charge in [0.15, 0.2) is 28.7 Å². The Bertz CT molecular complexity index is 2400. The molecule has 0 spiro atoms. The van der Waals surface area contributed by atoms with Crippen molar-refractivity contribution in [1.82, 2.24) is 0 Å². The molecule has 0 bridgehead atoms. The van der Waals surface area contributed by atoms with Crippen LogP contribution in [0.4, 0.5) is 11.4 Å². The number of ether oxygens (including phenoxy) is 3. The van der Waals surface area contributed by atoms with E-state index in [9.17, 15) is 24.9 Å². The summed E-state index contributed by atoms with van der Waals surface area (Å²) in [5.41, 5.74) is 6.83. The molecule has 5 N–H and O–H groups in total. The van der Waals surface area contributed by atoms with Crippen molar-refractivity contribution >= 4 is 23.2 Å². The number of rotatable bonds is 13. The first-order valence-electron chi connectivity index (χ1n) is 18.8. The van der Waals surface area contributed by atoms with Crippen LogP contribution >= 0.6 is 0 Å². The van der Waals surface area contributed by atoms with Gasteiger partial charge in [0, 0.05) is 22.5 Å². The van der Waals surface area contributed by atoms with Crippen LogP contribution in [-0.2, 0) is 19.8 Å². The van der Waals surface area contributed by atoms with Gasteiger partial charge >= 0.3 is 0 Å². The fourth-order valence-electron chi connectivity index (χ4n) is 5.85. The minimum absolute atomic E-state index is 0.0503. The molecule has 7 aromatic carbocycles. The topological polar surface area (TPSA) is 147 Å². The molecule has 0 radical (unpaired) electrons. The van der Waals surface area contributed by atoms with Gasteiger partial charge in [-0.2, -0.15) is 0 Å². The normalized spacial score (nSPS) is 10.4. The smallest absolute Gasteiger partial charge is 0.255 e. The van der Waals surface area contributed by atoms with Crippen molar-refractivity contribution in [2.24, 2.45) is 0 Å². The Morgan fingerprint density at radius 2 is 0.831 bits per heavy atom. The number of hydrogen-bond donors (Lipinski definition) is 5. The van der Waals surface area contributed by atoms with E-state index in [0.717, 1.165) is 39.9 Å². The fraction of sp³-hybridized carbons (Fsp3) is 0.102. The lowest BCUT2D eigenvalue weighted by Gasteiger charge is -2.19. The molecule has 59 heavy (non-hydrogen) atoms. The Hall–Kier alpha value is -7.72. The van der Waals surface area contributed by atoms with Gasteiger partial charge in [0.1, 0.15) is 19.8 Å². The first kappa shape index (κ1) is 40.9. The van der Waals surface area contributed by atoms with Gasteiger partial charge in [0.2, 0.25) is 5.75 Å². The molecule has 10 heteroatoms. The van der Waals surface area contributed by atoms with E-state index in [2.05, 4.69) is 10.6 Å². The third-order valence-electron chi connectivity index (χ3n) is 8.87. The predicted molar refractivity (Wildman–Crippen MR) is 228 cm³/mol. The maximum Gasteiger partial charge on any atom is 0.255 e. The lowest BCUT2D eigenvalue weighted by Crippen LogP contribution is -2.13. The van der Waals surface area contributed by atoms with Crippen molar-refractivity contribution in [3.05, 3.63) is 203 Å². The van der Waals surface area contributed by atoms with Gasteiger partial charge in [-0.25, -0.2) is 0 Å². The Kier molecular flexibility index (Phi) is 13.8. The van der Waals surface area contributed by atoms with E-state index in [1.54, 1.807) is 30.3 Å². The molecule has 10 nitrogen and oxygen atoms in total. The van der Waals surface area contributed by atoms with Gasteiger partial charge in [-0.3, -0.25) is 9.59 Å². The Labute approximate surface area is 342 Å². The van der Waals surface area contributed by atoms with E-state index in [-0.39, 0.29) is 11.5 Å². The molecule has 0 atom stereocenters. The molecule has 0 unspecified atom stereocenters. The van der Waals surface area contributed by atoms with Gasteiger partial charge < -0.3 is 40.2 Å². The second-order valence-electron chi connectivity index (χ2n) is 13.6. The van der Waals surface area contributed by atoms with E-state index in [1.165, 1.54) is 0 Å². The van der Waals surface area contributed by atoms with Gasteiger partial charge in [-0.15, -0.1) is 0 Å². The maximum atomic E-state index is 13.4. The summed E-state index contributed by atoms with van der Waals surface area (Å²) in [5, 5.41) is 33.5. The molecule has 0 aromatic heterocycles. The number of aromatic hydroxyl groups is 3. The SMILES string of the molecule is Cc1cccc(NC(=O)c2cc(O)c(O)c(O)c2)c1.Cc1cccc(NC(=O)c2cc(OCc3ccccc3)c(OCc3ccccc3)c(OCc3ccccc3)c2)c1. The zero-order valence-corrected chi connectivity index (χ0v) is 32.6. The lowest BCUT2D eigenvalue weighted by atomic mass is 10.1. The highest BCUT2D eigenvalue weighted by molar-refractivity contribution is 6.05. The third-order valence-corrected chi connectivity index (χ3v) is 8.87. The molecule has 0 saturated carbocycles. The van der Waals surface area contributed by atoms with Crippen LogP contribution in [0.3, 0.4) is 0 Å². The highest BCUT2D eigenvalue weighted by Crippen LogP contribution is 2.41. The Balaban J connectivity index is 0.000000257. The zero-order chi connectivity index (χ0) is 41.6. The minimum atomic E-state index is -0.646. The summed E-state index contributed by atoms with van der Waals surface area (Å²) in [5.74, 6) is -1.19. The van der Waals surface area contributed by atoms with Crippen LogP contribution in [0, 0.1) is 13.8 Å². The molecule has 0 fully saturated rings. The van der Waals surface area contributed by atoms with Crippen LogP contribution in [0.5, 0.6) is 34.5 Å². The van der Waals surface area contributed by atoms with Crippen LogP contribution in [0.2, 0.25) is 0 Å². The highest BCUT2D eigenvalue weighted by Gasteiger charge is 2.20. The predicted octanol–water partition coefficient (Wildman–Crippen LogP) is 10.3. The third kappa shape index (κ3) is 11.9. The fourth-order valence-corrected chi connectivity index (χ4v) is 5.85. The lowest BCUT2D eigenvalue weighted by molar-refractivity contribution is 0.101. The molecule has 298 valence electrons. The van der Waals surface area contributed by atoms with Gasteiger partial charge in [-0.05, 0) is 90.2 Å². The van der Waals surface area contributed by atoms with Crippen molar-refractivity contribution in [1.29, 1.82) is 0 Å². The van der Waals surface area contributed by atoms with E-state index in [0.29, 0.717) is 54.0 Å². The monoisotopic (exact) mass is 788 g/mol. The first-order chi connectivity index (χ1) is 28.6. The molecule has 0 aliphatic heterocycles. The number of carbonyl (C=O) groups excluding carboxylic acids is 2. The Morgan fingerprint density at radius 3 is 1.22 bits per heavy atom. The van der Waals surface area contributed by atoms with Gasteiger partial charge in [0.25, 0.3) is 11.8 Å². The standard InChI is InChI=1S/C35H31NO4.C14H13NO4/c1-26-12-11-19-31(20-26)36-35(37)30-21-32(38-23-27-13-5-2-6-14-27)34(40-25-29-17-9-4-10-18-29)33(22-30)39-24-28-15-7-3-8-16-28;1-8-3-2-4-10(5-8)15-14(19)9-6-11(16)13(18)12(17)7-9/h2-22H,23-25H2,1H3,(H,36,37);2-7,16-18H,1H3,(H,15,19). The molecular formula is C49H44N2O8. The number of hydrogen-bond acceptors (Lipinski definition) is 8. The average Bonchev–Trinajstić information content (AvgIpc) is 3.24. The number of amides is 2.